The van der Waals surface area contributed by atoms with Crippen LogP contribution in [0.4, 0.5) is 0 Å². The summed E-state index contributed by atoms with van der Waals surface area (Å²) in [6.45, 7) is 2.55. The summed E-state index contributed by atoms with van der Waals surface area (Å²) in [5, 5.41) is 11.4. The molecule has 1 atom stereocenters. The first kappa shape index (κ1) is 15.9. The molecule has 0 aromatic rings. The van der Waals surface area contributed by atoms with Crippen molar-refractivity contribution >= 4 is 11.9 Å². The molecule has 0 spiro atoms. The fourth-order valence-corrected chi connectivity index (χ4v) is 1.56. The average Bonchev–Trinajstić information content (AvgIpc) is 2.29. The molecule has 100 valence electrons. The number of carbonyl (C=O) groups excluding carboxylic acids is 1. The molecule has 5 heteroatoms. The molecule has 0 aliphatic heterocycles. The Balaban J connectivity index is 3.83. The van der Waals surface area contributed by atoms with E-state index in [1.165, 1.54) is 0 Å². The molecule has 5 nitrogen and oxygen atoms in total. The highest BCUT2D eigenvalue weighted by molar-refractivity contribution is 5.83. The van der Waals surface area contributed by atoms with Crippen LogP contribution < -0.4 is 11.1 Å². The zero-order valence-electron chi connectivity index (χ0n) is 10.6. The number of unbranched alkanes of at least 4 members (excludes halogenated alkanes) is 3. The zero-order valence-corrected chi connectivity index (χ0v) is 10.6. The zero-order chi connectivity index (χ0) is 13.1. The van der Waals surface area contributed by atoms with Gasteiger partial charge in [0.1, 0.15) is 6.04 Å². The smallest absolute Gasteiger partial charge is 0.326 e. The van der Waals surface area contributed by atoms with E-state index in [0.717, 1.165) is 25.7 Å². The number of carboxylic acids is 1. The molecule has 17 heavy (non-hydrogen) atoms. The SMILES string of the molecule is CCCCCCC(=O)N[C@H](CCCN)C(=O)O. The third-order valence-electron chi connectivity index (χ3n) is 2.59. The van der Waals surface area contributed by atoms with E-state index in [0.29, 0.717) is 25.8 Å². The van der Waals surface area contributed by atoms with Gasteiger partial charge < -0.3 is 16.2 Å². The van der Waals surface area contributed by atoms with Crippen molar-refractivity contribution in [2.75, 3.05) is 6.54 Å². The van der Waals surface area contributed by atoms with Crippen LogP contribution in [0.5, 0.6) is 0 Å². The summed E-state index contributed by atoms with van der Waals surface area (Å²) in [6, 6.07) is -0.794. The van der Waals surface area contributed by atoms with Gasteiger partial charge in [-0.05, 0) is 25.8 Å². The molecule has 4 N–H and O–H groups in total. The van der Waals surface area contributed by atoms with Crippen molar-refractivity contribution in [3.05, 3.63) is 0 Å². The topological polar surface area (TPSA) is 92.4 Å². The highest BCUT2D eigenvalue weighted by atomic mass is 16.4. The fraction of sp³-hybridized carbons (Fsp3) is 0.833. The Hall–Kier alpha value is -1.10. The predicted molar refractivity (Wildman–Crippen MR) is 66.6 cm³/mol. The summed E-state index contributed by atoms with van der Waals surface area (Å²) in [6.07, 6.45) is 5.48. The second kappa shape index (κ2) is 10.1. The van der Waals surface area contributed by atoms with E-state index in [2.05, 4.69) is 12.2 Å². The standard InChI is InChI=1S/C12H24N2O3/c1-2-3-4-5-8-11(15)14-10(12(16)17)7-6-9-13/h10H,2-9,13H2,1H3,(H,14,15)(H,16,17)/t10-/m1/s1. The van der Waals surface area contributed by atoms with E-state index in [9.17, 15) is 9.59 Å². The highest BCUT2D eigenvalue weighted by Gasteiger charge is 2.18. The van der Waals surface area contributed by atoms with Gasteiger partial charge in [0, 0.05) is 6.42 Å². The Labute approximate surface area is 103 Å². The minimum Gasteiger partial charge on any atom is -0.480 e. The van der Waals surface area contributed by atoms with E-state index < -0.39 is 12.0 Å². The van der Waals surface area contributed by atoms with Gasteiger partial charge in [-0.2, -0.15) is 0 Å². The maximum absolute atomic E-state index is 11.5. The van der Waals surface area contributed by atoms with Crippen LogP contribution in [0.25, 0.3) is 0 Å². The third-order valence-corrected chi connectivity index (χ3v) is 2.59. The normalized spacial score (nSPS) is 12.1. The Morgan fingerprint density at radius 2 is 1.94 bits per heavy atom. The molecule has 0 bridgehead atoms. The molecule has 0 saturated carbocycles. The maximum atomic E-state index is 11.5. The number of hydrogen-bond donors (Lipinski definition) is 3. The Morgan fingerprint density at radius 1 is 1.24 bits per heavy atom. The molecule has 0 fully saturated rings. The first-order valence-corrected chi connectivity index (χ1v) is 6.34. The number of carboxylic acid groups (broad SMARTS) is 1. The minimum atomic E-state index is -0.986. The van der Waals surface area contributed by atoms with Gasteiger partial charge in [0.25, 0.3) is 0 Å². The van der Waals surface area contributed by atoms with Crippen LogP contribution in [0.2, 0.25) is 0 Å². The summed E-state index contributed by atoms with van der Waals surface area (Å²) < 4.78 is 0. The number of hydrogen-bond acceptors (Lipinski definition) is 3. The van der Waals surface area contributed by atoms with Gasteiger partial charge in [-0.3, -0.25) is 4.79 Å². The van der Waals surface area contributed by atoms with Crippen molar-refractivity contribution in [2.45, 2.75) is 57.9 Å². The van der Waals surface area contributed by atoms with E-state index in [-0.39, 0.29) is 5.91 Å². The number of rotatable bonds is 10. The summed E-state index contributed by atoms with van der Waals surface area (Å²) in [5.41, 5.74) is 5.32. The Morgan fingerprint density at radius 3 is 2.47 bits per heavy atom. The van der Waals surface area contributed by atoms with Gasteiger partial charge in [-0.15, -0.1) is 0 Å². The van der Waals surface area contributed by atoms with Crippen LogP contribution in [-0.2, 0) is 9.59 Å². The van der Waals surface area contributed by atoms with E-state index in [4.69, 9.17) is 10.8 Å². The monoisotopic (exact) mass is 244 g/mol. The molecule has 1 amide bonds. The molecule has 0 aromatic heterocycles. The lowest BCUT2D eigenvalue weighted by Crippen LogP contribution is -2.40. The fourth-order valence-electron chi connectivity index (χ4n) is 1.56. The molecule has 0 rings (SSSR count). The van der Waals surface area contributed by atoms with Crippen molar-refractivity contribution in [3.8, 4) is 0 Å². The molecule has 0 radical (unpaired) electrons. The number of nitrogens with one attached hydrogen (secondary N) is 1. The quantitative estimate of drug-likeness (QED) is 0.504. The molecular formula is C12H24N2O3. The predicted octanol–water partition coefficient (Wildman–Crippen LogP) is 1.27. The molecule has 0 aliphatic carbocycles. The number of carbonyl (C=O) groups is 2. The van der Waals surface area contributed by atoms with Gasteiger partial charge in [0.15, 0.2) is 0 Å². The average molecular weight is 244 g/mol. The molecule has 0 aliphatic rings. The van der Waals surface area contributed by atoms with Crippen LogP contribution in [0.15, 0.2) is 0 Å². The number of nitrogens with two attached hydrogens (primary N) is 1. The van der Waals surface area contributed by atoms with Crippen molar-refractivity contribution < 1.29 is 14.7 Å². The summed E-state index contributed by atoms with van der Waals surface area (Å²) in [7, 11) is 0. The van der Waals surface area contributed by atoms with Gasteiger partial charge in [-0.25, -0.2) is 4.79 Å². The van der Waals surface area contributed by atoms with Crippen molar-refractivity contribution in [2.24, 2.45) is 5.73 Å². The van der Waals surface area contributed by atoms with E-state index >= 15 is 0 Å². The molecule has 0 heterocycles. The largest absolute Gasteiger partial charge is 0.480 e. The third kappa shape index (κ3) is 8.68. The molecular weight excluding hydrogens is 220 g/mol. The lowest BCUT2D eigenvalue weighted by molar-refractivity contribution is -0.142. The first-order valence-electron chi connectivity index (χ1n) is 6.34. The lowest BCUT2D eigenvalue weighted by Gasteiger charge is -2.13. The van der Waals surface area contributed by atoms with Crippen LogP contribution >= 0.6 is 0 Å². The second-order valence-electron chi connectivity index (χ2n) is 4.20. The van der Waals surface area contributed by atoms with Gasteiger partial charge in [-0.1, -0.05) is 26.2 Å². The number of amides is 1. The summed E-state index contributed by atoms with van der Waals surface area (Å²) >= 11 is 0. The van der Waals surface area contributed by atoms with Crippen molar-refractivity contribution in [1.29, 1.82) is 0 Å². The maximum Gasteiger partial charge on any atom is 0.326 e. The number of aliphatic carboxylic acids is 1. The van der Waals surface area contributed by atoms with Gasteiger partial charge in [0.2, 0.25) is 5.91 Å². The molecule has 0 saturated heterocycles. The van der Waals surface area contributed by atoms with Gasteiger partial charge >= 0.3 is 5.97 Å². The Kier molecular flexibility index (Phi) is 9.43. The molecule has 0 aromatic carbocycles. The van der Waals surface area contributed by atoms with E-state index in [1.54, 1.807) is 0 Å². The highest BCUT2D eigenvalue weighted by Crippen LogP contribution is 2.03. The first-order chi connectivity index (χ1) is 8.11. The molecule has 0 unspecified atom stereocenters. The van der Waals surface area contributed by atoms with E-state index in [1.807, 2.05) is 0 Å². The second-order valence-corrected chi connectivity index (χ2v) is 4.20. The van der Waals surface area contributed by atoms with Crippen LogP contribution in [0, 0.1) is 0 Å². The summed E-state index contributed by atoms with van der Waals surface area (Å²) in [4.78, 5) is 22.3. The van der Waals surface area contributed by atoms with Gasteiger partial charge in [0.05, 0.1) is 0 Å². The van der Waals surface area contributed by atoms with Crippen LogP contribution in [-0.4, -0.2) is 29.6 Å². The summed E-state index contributed by atoms with van der Waals surface area (Å²) in [5.74, 6) is -1.16. The lowest BCUT2D eigenvalue weighted by atomic mass is 10.1. The van der Waals surface area contributed by atoms with Crippen LogP contribution in [0.3, 0.4) is 0 Å². The van der Waals surface area contributed by atoms with Crippen molar-refractivity contribution in [1.82, 2.24) is 5.32 Å². The van der Waals surface area contributed by atoms with Crippen molar-refractivity contribution in [3.63, 3.8) is 0 Å². The Bertz CT molecular complexity index is 232. The minimum absolute atomic E-state index is 0.175. The van der Waals surface area contributed by atoms with Crippen LogP contribution in [0.1, 0.15) is 51.9 Å².